The average molecular weight is 349 g/mol. The van der Waals surface area contributed by atoms with Crippen LogP contribution in [-0.2, 0) is 0 Å². The van der Waals surface area contributed by atoms with Crippen molar-refractivity contribution in [2.75, 3.05) is 0 Å². The molecule has 0 spiro atoms. The minimum absolute atomic E-state index is 0.203. The molecule has 0 radical (unpaired) electrons. The Morgan fingerprint density at radius 1 is 1.50 bits per heavy atom. The third-order valence-corrected chi connectivity index (χ3v) is 3.33. The van der Waals surface area contributed by atoms with Crippen molar-refractivity contribution < 1.29 is 13.6 Å². The third-order valence-electron chi connectivity index (χ3n) is 1.38. The molecule has 1 heterocycles. The Morgan fingerprint density at radius 2 is 2.07 bits per heavy atom. The van der Waals surface area contributed by atoms with Crippen LogP contribution in [-0.4, -0.2) is 10.2 Å². The fraction of sp³-hybridized carbons (Fsp3) is 0.143. The van der Waals surface area contributed by atoms with Gasteiger partial charge in [-0.2, -0.15) is 0 Å². The van der Waals surface area contributed by atoms with Gasteiger partial charge in [-0.05, 0) is 49.5 Å². The lowest BCUT2D eigenvalue weighted by Gasteiger charge is -2.05. The molecule has 0 aliphatic rings. The third kappa shape index (κ3) is 2.49. The zero-order chi connectivity index (χ0) is 10.9. The standard InChI is InChI=1S/C7H2Br2ClF2NO/c8-3-1-2(6(10)14)4(7(11)12)13-5(3)9/h1,7H. The van der Waals surface area contributed by atoms with Crippen LogP contribution in [0.2, 0.25) is 0 Å². The Bertz CT molecular complexity index is 386. The zero-order valence-electron chi connectivity index (χ0n) is 6.40. The van der Waals surface area contributed by atoms with Gasteiger partial charge in [-0.1, -0.05) is 0 Å². The summed E-state index contributed by atoms with van der Waals surface area (Å²) in [5, 5.41) is -0.957. The van der Waals surface area contributed by atoms with Crippen molar-refractivity contribution in [1.82, 2.24) is 4.98 Å². The van der Waals surface area contributed by atoms with E-state index in [2.05, 4.69) is 36.8 Å². The lowest BCUT2D eigenvalue weighted by molar-refractivity contribution is 0.106. The Labute approximate surface area is 99.9 Å². The number of rotatable bonds is 2. The van der Waals surface area contributed by atoms with Gasteiger partial charge in [0.2, 0.25) is 0 Å². The van der Waals surface area contributed by atoms with Gasteiger partial charge in [0.1, 0.15) is 10.3 Å². The Balaban J connectivity index is 3.39. The summed E-state index contributed by atoms with van der Waals surface area (Å²) in [6, 6.07) is 1.20. The minimum atomic E-state index is -2.84. The number of carbonyl (C=O) groups is 1. The van der Waals surface area contributed by atoms with Crippen LogP contribution in [0.1, 0.15) is 22.5 Å². The van der Waals surface area contributed by atoms with Crippen LogP contribution >= 0.6 is 43.5 Å². The molecule has 0 N–H and O–H groups in total. The van der Waals surface area contributed by atoms with Gasteiger partial charge in [0.05, 0.1) is 10.0 Å². The van der Waals surface area contributed by atoms with Gasteiger partial charge < -0.3 is 0 Å². The minimum Gasteiger partial charge on any atom is -0.276 e. The number of aromatic nitrogens is 1. The second-order valence-electron chi connectivity index (χ2n) is 2.27. The van der Waals surface area contributed by atoms with Crippen LogP contribution in [0.3, 0.4) is 0 Å². The summed E-state index contributed by atoms with van der Waals surface area (Å²) in [6.07, 6.45) is -2.84. The molecule has 76 valence electrons. The molecule has 1 aromatic rings. The molecule has 14 heavy (non-hydrogen) atoms. The topological polar surface area (TPSA) is 30.0 Å². The van der Waals surface area contributed by atoms with Crippen LogP contribution in [0.15, 0.2) is 15.1 Å². The largest absolute Gasteiger partial charge is 0.281 e. The van der Waals surface area contributed by atoms with E-state index >= 15 is 0 Å². The molecule has 7 heteroatoms. The highest BCUT2D eigenvalue weighted by atomic mass is 79.9. The SMILES string of the molecule is O=C(Cl)c1cc(Br)c(Br)nc1C(F)F. The smallest absolute Gasteiger partial charge is 0.276 e. The van der Waals surface area contributed by atoms with Crippen molar-refractivity contribution in [2.45, 2.75) is 6.43 Å². The average Bonchev–Trinajstić information content (AvgIpc) is 2.08. The molecule has 0 atom stereocenters. The van der Waals surface area contributed by atoms with Crippen LogP contribution in [0, 0.1) is 0 Å². The van der Waals surface area contributed by atoms with Crippen molar-refractivity contribution in [3.63, 3.8) is 0 Å². The summed E-state index contributed by atoms with van der Waals surface area (Å²) in [5.74, 6) is 0. The molecule has 0 aromatic carbocycles. The monoisotopic (exact) mass is 347 g/mol. The Kier molecular flexibility index (Phi) is 3.97. The maximum atomic E-state index is 12.4. The van der Waals surface area contributed by atoms with Crippen molar-refractivity contribution in [1.29, 1.82) is 0 Å². The van der Waals surface area contributed by atoms with Gasteiger partial charge in [0, 0.05) is 0 Å². The summed E-state index contributed by atoms with van der Waals surface area (Å²) in [6.45, 7) is 0. The van der Waals surface area contributed by atoms with Gasteiger partial charge in [-0.15, -0.1) is 0 Å². The molecule has 0 aliphatic carbocycles. The highest BCUT2D eigenvalue weighted by Crippen LogP contribution is 2.29. The van der Waals surface area contributed by atoms with Gasteiger partial charge >= 0.3 is 0 Å². The van der Waals surface area contributed by atoms with Gasteiger partial charge in [-0.3, -0.25) is 4.79 Å². The second-order valence-corrected chi connectivity index (χ2v) is 4.22. The highest BCUT2D eigenvalue weighted by molar-refractivity contribution is 9.13. The second kappa shape index (κ2) is 4.63. The molecule has 2 nitrogen and oxygen atoms in total. The summed E-state index contributed by atoms with van der Waals surface area (Å²) in [7, 11) is 0. The van der Waals surface area contributed by atoms with E-state index in [-0.39, 0.29) is 10.2 Å². The first-order valence-electron chi connectivity index (χ1n) is 3.27. The van der Waals surface area contributed by atoms with E-state index in [1.54, 1.807) is 0 Å². The van der Waals surface area contributed by atoms with Crippen molar-refractivity contribution in [2.24, 2.45) is 0 Å². The maximum Gasteiger partial charge on any atom is 0.281 e. The van der Waals surface area contributed by atoms with Crippen LogP contribution in [0.5, 0.6) is 0 Å². The fourth-order valence-electron chi connectivity index (χ4n) is 0.803. The van der Waals surface area contributed by atoms with Gasteiger partial charge in [0.25, 0.3) is 11.7 Å². The quantitative estimate of drug-likeness (QED) is 0.598. The molecule has 0 amide bonds. The molecule has 0 saturated heterocycles. The number of hydrogen-bond acceptors (Lipinski definition) is 2. The maximum absolute atomic E-state index is 12.4. The Morgan fingerprint density at radius 3 is 2.50 bits per heavy atom. The van der Waals surface area contributed by atoms with Crippen molar-refractivity contribution >= 4 is 48.7 Å². The molecule has 0 aliphatic heterocycles. The molecule has 1 aromatic heterocycles. The molecule has 0 bridgehead atoms. The lowest BCUT2D eigenvalue weighted by atomic mass is 10.2. The summed E-state index contributed by atoms with van der Waals surface area (Å²) in [4.78, 5) is 14.3. The normalized spacial score (nSPS) is 10.7. The number of alkyl halides is 2. The first-order valence-corrected chi connectivity index (χ1v) is 5.23. The summed E-state index contributed by atoms with van der Waals surface area (Å²) < 4.78 is 25.4. The number of carbonyl (C=O) groups excluding carboxylic acids is 1. The summed E-state index contributed by atoms with van der Waals surface area (Å²) >= 11 is 11.1. The van der Waals surface area contributed by atoms with E-state index in [0.29, 0.717) is 4.47 Å². The van der Waals surface area contributed by atoms with E-state index in [1.807, 2.05) is 0 Å². The highest BCUT2D eigenvalue weighted by Gasteiger charge is 2.20. The molecular weight excluding hydrogens is 347 g/mol. The molecular formula is C7H2Br2ClF2NO. The first-order chi connectivity index (χ1) is 6.43. The van der Waals surface area contributed by atoms with Crippen molar-refractivity contribution in [3.05, 3.63) is 26.4 Å². The zero-order valence-corrected chi connectivity index (χ0v) is 10.3. The summed E-state index contributed by atoms with van der Waals surface area (Å²) in [5.41, 5.74) is -0.920. The number of hydrogen-bond donors (Lipinski definition) is 0. The molecule has 0 unspecified atom stereocenters. The van der Waals surface area contributed by atoms with Crippen molar-refractivity contribution in [3.8, 4) is 0 Å². The van der Waals surface area contributed by atoms with E-state index in [1.165, 1.54) is 6.07 Å². The predicted molar refractivity (Wildman–Crippen MR) is 54.8 cm³/mol. The Hall–Kier alpha value is -0.0700. The van der Waals surface area contributed by atoms with Crippen LogP contribution < -0.4 is 0 Å². The number of pyridine rings is 1. The van der Waals surface area contributed by atoms with Gasteiger partial charge in [-0.25, -0.2) is 13.8 Å². The van der Waals surface area contributed by atoms with E-state index in [9.17, 15) is 13.6 Å². The van der Waals surface area contributed by atoms with E-state index in [0.717, 1.165) is 0 Å². The number of halogens is 5. The van der Waals surface area contributed by atoms with Gasteiger partial charge in [0.15, 0.2) is 0 Å². The van der Waals surface area contributed by atoms with E-state index < -0.39 is 17.4 Å². The first kappa shape index (κ1) is 12.0. The van der Waals surface area contributed by atoms with Crippen LogP contribution in [0.4, 0.5) is 8.78 Å². The predicted octanol–water partition coefficient (Wildman–Crippen LogP) is 3.92. The molecule has 0 saturated carbocycles. The van der Waals surface area contributed by atoms with Crippen LogP contribution in [0.25, 0.3) is 0 Å². The molecule has 1 rings (SSSR count). The molecule has 0 fully saturated rings. The number of nitrogens with zero attached hydrogens (tertiary/aromatic N) is 1. The fourth-order valence-corrected chi connectivity index (χ4v) is 1.58. The van der Waals surface area contributed by atoms with E-state index in [4.69, 9.17) is 11.6 Å². The lowest BCUT2D eigenvalue weighted by Crippen LogP contribution is -2.02.